The van der Waals surface area contributed by atoms with E-state index < -0.39 is 5.60 Å². The summed E-state index contributed by atoms with van der Waals surface area (Å²) in [5, 5.41) is 2.22. The minimum atomic E-state index is -0.897. The zero-order valence-corrected chi connectivity index (χ0v) is 30.8. The van der Waals surface area contributed by atoms with Gasteiger partial charge in [-0.1, -0.05) is 68.0 Å². The molecule has 0 spiro atoms. The van der Waals surface area contributed by atoms with Gasteiger partial charge in [-0.3, -0.25) is 0 Å². The van der Waals surface area contributed by atoms with E-state index in [1.807, 2.05) is 12.1 Å². The number of anilines is 2. The quantitative estimate of drug-likeness (QED) is 0.177. The molecule has 5 aromatic rings. The van der Waals surface area contributed by atoms with Gasteiger partial charge in [0.2, 0.25) is 0 Å². The summed E-state index contributed by atoms with van der Waals surface area (Å²) in [6.45, 7) is 13.2. The molecule has 0 radical (unpaired) electrons. The normalized spacial score (nSPS) is 20.2. The van der Waals surface area contributed by atoms with E-state index in [0.29, 0.717) is 13.2 Å². The lowest BCUT2D eigenvalue weighted by Gasteiger charge is -2.39. The first kappa shape index (κ1) is 32.9. The SMILES string of the molecule is COc1ccc(C2(c3ccc(N4CCOCC4)cc3)C=Cc3c4c(c5cc(N6CCOCC6)c(OC)cc5c3O2)-c2ccc(C)cc2C4(C)C)cc1. The molecule has 4 aliphatic rings. The van der Waals surface area contributed by atoms with Crippen molar-refractivity contribution >= 4 is 28.2 Å². The molecule has 9 rings (SSSR count). The third-order valence-corrected chi connectivity index (χ3v) is 11.6. The zero-order valence-electron chi connectivity index (χ0n) is 30.8. The Hall–Kier alpha value is -4.98. The molecular formula is C45H46N2O5. The standard InChI is InChI=1S/C45H46N2O5/c1-29-6-15-34-38(26-29)44(2,3)42-35-16-17-45(31-9-13-33(48-4)14-10-31,30-7-11-32(12-8-30)46-18-22-50-23-19-46)52-43(35)37-28-40(49-5)39(27-36(37)41(34)42)47-20-24-51-25-21-47/h6-17,26-28H,18-25H2,1-5H3. The summed E-state index contributed by atoms with van der Waals surface area (Å²) >= 11 is 0. The minimum Gasteiger partial charge on any atom is -0.497 e. The second-order valence-corrected chi connectivity index (χ2v) is 14.9. The minimum absolute atomic E-state index is 0.248. The molecule has 2 fully saturated rings. The van der Waals surface area contributed by atoms with Crippen LogP contribution in [0.1, 0.15) is 47.2 Å². The Morgan fingerprint density at radius 2 is 1.35 bits per heavy atom. The van der Waals surface area contributed by atoms with E-state index >= 15 is 0 Å². The number of hydrogen-bond donors (Lipinski definition) is 0. The zero-order chi connectivity index (χ0) is 35.6. The molecule has 1 atom stereocenters. The summed E-state index contributed by atoms with van der Waals surface area (Å²) in [5.41, 5.74) is 10.8. The Kier molecular flexibility index (Phi) is 7.97. The molecule has 7 nitrogen and oxygen atoms in total. The van der Waals surface area contributed by atoms with Crippen molar-refractivity contribution in [2.24, 2.45) is 0 Å². The third kappa shape index (κ3) is 5.08. The molecule has 1 aliphatic carbocycles. The number of aryl methyl sites for hydroxylation is 1. The first-order valence-electron chi connectivity index (χ1n) is 18.4. The van der Waals surface area contributed by atoms with Crippen molar-refractivity contribution in [1.82, 2.24) is 0 Å². The van der Waals surface area contributed by atoms with Crippen molar-refractivity contribution in [3.8, 4) is 28.4 Å². The van der Waals surface area contributed by atoms with E-state index in [0.717, 1.165) is 84.4 Å². The van der Waals surface area contributed by atoms with E-state index in [1.165, 1.54) is 38.9 Å². The second-order valence-electron chi connectivity index (χ2n) is 14.9. The summed E-state index contributed by atoms with van der Waals surface area (Å²) in [6, 6.07) is 28.6. The van der Waals surface area contributed by atoms with Crippen LogP contribution in [0, 0.1) is 6.92 Å². The molecule has 3 heterocycles. The number of fused-ring (bicyclic) bond motifs is 8. The van der Waals surface area contributed by atoms with Crippen LogP contribution in [0.5, 0.6) is 17.2 Å². The maximum Gasteiger partial charge on any atom is 0.178 e. The number of ether oxygens (including phenoxy) is 5. The van der Waals surface area contributed by atoms with Crippen LogP contribution < -0.4 is 24.0 Å². The van der Waals surface area contributed by atoms with Crippen molar-refractivity contribution in [2.75, 3.05) is 76.6 Å². The highest BCUT2D eigenvalue weighted by atomic mass is 16.5. The van der Waals surface area contributed by atoms with Gasteiger partial charge >= 0.3 is 0 Å². The smallest absolute Gasteiger partial charge is 0.178 e. The van der Waals surface area contributed by atoms with E-state index in [9.17, 15) is 0 Å². The van der Waals surface area contributed by atoms with Crippen LogP contribution in [0.2, 0.25) is 0 Å². The van der Waals surface area contributed by atoms with Crippen LogP contribution in [0.4, 0.5) is 11.4 Å². The number of morpholine rings is 2. The highest BCUT2D eigenvalue weighted by Gasteiger charge is 2.44. The van der Waals surface area contributed by atoms with Gasteiger partial charge in [-0.25, -0.2) is 0 Å². The maximum absolute atomic E-state index is 7.64. The van der Waals surface area contributed by atoms with Crippen molar-refractivity contribution in [1.29, 1.82) is 0 Å². The van der Waals surface area contributed by atoms with Gasteiger partial charge in [0, 0.05) is 59.4 Å². The van der Waals surface area contributed by atoms with Crippen molar-refractivity contribution < 1.29 is 23.7 Å². The van der Waals surface area contributed by atoms with Crippen LogP contribution in [-0.4, -0.2) is 66.8 Å². The number of nitrogens with zero attached hydrogens (tertiary/aromatic N) is 2. The fourth-order valence-corrected chi connectivity index (χ4v) is 8.88. The fourth-order valence-electron chi connectivity index (χ4n) is 8.88. The Bertz CT molecular complexity index is 2200. The summed E-state index contributed by atoms with van der Waals surface area (Å²) in [7, 11) is 3.47. The van der Waals surface area contributed by atoms with Gasteiger partial charge in [0.15, 0.2) is 5.60 Å². The van der Waals surface area contributed by atoms with E-state index in [4.69, 9.17) is 23.7 Å². The molecule has 2 saturated heterocycles. The predicted octanol–water partition coefficient (Wildman–Crippen LogP) is 8.49. The van der Waals surface area contributed by atoms with Gasteiger partial charge in [-0.15, -0.1) is 0 Å². The fraction of sp³-hybridized carbons (Fsp3) is 0.333. The van der Waals surface area contributed by atoms with Gasteiger partial charge in [-0.05, 0) is 77.0 Å². The first-order valence-corrected chi connectivity index (χ1v) is 18.4. The molecule has 0 N–H and O–H groups in total. The lowest BCUT2D eigenvalue weighted by atomic mass is 9.76. The van der Waals surface area contributed by atoms with E-state index in [-0.39, 0.29) is 5.41 Å². The second kappa shape index (κ2) is 12.6. The van der Waals surface area contributed by atoms with Crippen molar-refractivity contribution in [2.45, 2.75) is 31.8 Å². The van der Waals surface area contributed by atoms with Crippen LogP contribution in [0.25, 0.3) is 28.0 Å². The maximum atomic E-state index is 7.64. The number of benzene rings is 5. The van der Waals surface area contributed by atoms with Gasteiger partial charge in [0.05, 0.1) is 46.3 Å². The average Bonchev–Trinajstić information content (AvgIpc) is 3.43. The molecule has 0 saturated carbocycles. The molecule has 3 aliphatic heterocycles. The number of hydrogen-bond acceptors (Lipinski definition) is 7. The predicted molar refractivity (Wildman–Crippen MR) is 209 cm³/mol. The molecule has 0 bridgehead atoms. The Labute approximate surface area is 306 Å². The summed E-state index contributed by atoms with van der Waals surface area (Å²) in [6.07, 6.45) is 4.58. The number of methoxy groups -OCH3 is 2. The summed E-state index contributed by atoms with van der Waals surface area (Å²) < 4.78 is 30.8. The molecule has 0 amide bonds. The molecule has 52 heavy (non-hydrogen) atoms. The van der Waals surface area contributed by atoms with Gasteiger partial charge in [-0.2, -0.15) is 0 Å². The Balaban J connectivity index is 1.30. The van der Waals surface area contributed by atoms with E-state index in [1.54, 1.807) is 14.2 Å². The lowest BCUT2D eigenvalue weighted by molar-refractivity contribution is 0.122. The van der Waals surface area contributed by atoms with Crippen LogP contribution >= 0.6 is 0 Å². The van der Waals surface area contributed by atoms with Crippen molar-refractivity contribution in [3.05, 3.63) is 118 Å². The first-order chi connectivity index (χ1) is 25.3. The molecule has 266 valence electrons. The van der Waals surface area contributed by atoms with Gasteiger partial charge in [0.25, 0.3) is 0 Å². The summed E-state index contributed by atoms with van der Waals surface area (Å²) in [4.78, 5) is 4.78. The Morgan fingerprint density at radius 1 is 0.692 bits per heavy atom. The van der Waals surface area contributed by atoms with Crippen LogP contribution in [0.15, 0.2) is 84.9 Å². The lowest BCUT2D eigenvalue weighted by Crippen LogP contribution is -2.37. The number of rotatable bonds is 6. The highest BCUT2D eigenvalue weighted by molar-refractivity contribution is 6.10. The van der Waals surface area contributed by atoms with Crippen LogP contribution in [-0.2, 0) is 20.5 Å². The molecule has 1 unspecified atom stereocenters. The molecule has 0 aromatic heterocycles. The van der Waals surface area contributed by atoms with Crippen LogP contribution in [0.3, 0.4) is 0 Å². The monoisotopic (exact) mass is 694 g/mol. The average molecular weight is 695 g/mol. The Morgan fingerprint density at radius 3 is 2.00 bits per heavy atom. The molecule has 5 aromatic carbocycles. The topological polar surface area (TPSA) is 52.6 Å². The van der Waals surface area contributed by atoms with Crippen molar-refractivity contribution in [3.63, 3.8) is 0 Å². The van der Waals surface area contributed by atoms with E-state index in [2.05, 4.69) is 109 Å². The van der Waals surface area contributed by atoms with Gasteiger partial charge < -0.3 is 33.5 Å². The third-order valence-electron chi connectivity index (χ3n) is 11.6. The largest absolute Gasteiger partial charge is 0.497 e. The van der Waals surface area contributed by atoms with Gasteiger partial charge in [0.1, 0.15) is 17.2 Å². The highest BCUT2D eigenvalue weighted by Crippen LogP contribution is 2.59. The summed E-state index contributed by atoms with van der Waals surface area (Å²) in [5.74, 6) is 2.51. The molecular weight excluding hydrogens is 649 g/mol. The molecule has 7 heteroatoms.